The van der Waals surface area contributed by atoms with Gasteiger partial charge in [0, 0.05) is 12.1 Å². The first-order valence-electron chi connectivity index (χ1n) is 14.7. The van der Waals surface area contributed by atoms with E-state index in [2.05, 4.69) is 73.0 Å². The van der Waals surface area contributed by atoms with Crippen molar-refractivity contribution in [1.82, 2.24) is 10.6 Å². The van der Waals surface area contributed by atoms with Crippen molar-refractivity contribution in [3.05, 3.63) is 59.7 Å². The molecule has 198 valence electrons. The second kappa shape index (κ2) is 14.6. The summed E-state index contributed by atoms with van der Waals surface area (Å²) in [6.07, 6.45) is 12.3. The Labute approximate surface area is 219 Å². The molecular formula is C32H48N2O2. The quantitative estimate of drug-likeness (QED) is 0.310. The molecule has 0 aromatic heterocycles. The molecule has 0 spiro atoms. The molecule has 2 saturated heterocycles. The van der Waals surface area contributed by atoms with Crippen molar-refractivity contribution in [2.24, 2.45) is 0 Å². The number of hydrogen-bond donors (Lipinski definition) is 2. The van der Waals surface area contributed by atoms with Crippen LogP contribution in [0.15, 0.2) is 48.5 Å². The molecular weight excluding hydrogens is 444 g/mol. The van der Waals surface area contributed by atoms with Gasteiger partial charge in [0.1, 0.15) is 11.5 Å². The van der Waals surface area contributed by atoms with Crippen LogP contribution in [0.5, 0.6) is 11.5 Å². The molecule has 2 aromatic carbocycles. The number of ether oxygens (including phenoxy) is 2. The fraction of sp³-hybridized carbons (Fsp3) is 0.625. The van der Waals surface area contributed by atoms with E-state index in [0.717, 1.165) is 63.5 Å². The smallest absolute Gasteiger partial charge is 0.119 e. The molecule has 2 aliphatic rings. The van der Waals surface area contributed by atoms with Crippen LogP contribution in [-0.2, 0) is 0 Å². The Hall–Kier alpha value is -2.04. The summed E-state index contributed by atoms with van der Waals surface area (Å²) in [6, 6.07) is 19.0. The van der Waals surface area contributed by atoms with E-state index < -0.39 is 0 Å². The summed E-state index contributed by atoms with van der Waals surface area (Å²) in [5.41, 5.74) is 2.82. The van der Waals surface area contributed by atoms with Crippen molar-refractivity contribution in [2.75, 3.05) is 26.3 Å². The molecule has 0 radical (unpaired) electrons. The van der Waals surface area contributed by atoms with Gasteiger partial charge in [-0.25, -0.2) is 0 Å². The third kappa shape index (κ3) is 7.98. The molecule has 0 saturated carbocycles. The molecule has 4 atom stereocenters. The first kappa shape index (κ1) is 27.0. The Kier molecular flexibility index (Phi) is 11.0. The third-order valence-corrected chi connectivity index (χ3v) is 8.28. The minimum absolute atomic E-state index is 0.500. The molecule has 2 heterocycles. The molecule has 2 fully saturated rings. The van der Waals surface area contributed by atoms with E-state index in [1.165, 1.54) is 49.7 Å². The summed E-state index contributed by atoms with van der Waals surface area (Å²) >= 11 is 0. The lowest BCUT2D eigenvalue weighted by atomic mass is 9.78. The van der Waals surface area contributed by atoms with Gasteiger partial charge in [-0.2, -0.15) is 0 Å². The summed E-state index contributed by atoms with van der Waals surface area (Å²) in [7, 11) is 0. The van der Waals surface area contributed by atoms with Crippen LogP contribution in [0.2, 0.25) is 0 Å². The van der Waals surface area contributed by atoms with Crippen molar-refractivity contribution in [2.45, 2.75) is 102 Å². The zero-order valence-corrected chi connectivity index (χ0v) is 22.6. The van der Waals surface area contributed by atoms with Gasteiger partial charge in [-0.3, -0.25) is 0 Å². The van der Waals surface area contributed by atoms with Crippen LogP contribution in [-0.4, -0.2) is 38.4 Å². The number of nitrogens with one attached hydrogen (secondary N) is 2. The van der Waals surface area contributed by atoms with Gasteiger partial charge in [0.2, 0.25) is 0 Å². The predicted molar refractivity (Wildman–Crippen MR) is 150 cm³/mol. The van der Waals surface area contributed by atoms with E-state index in [1.54, 1.807) is 0 Å². The lowest BCUT2D eigenvalue weighted by Crippen LogP contribution is -2.35. The van der Waals surface area contributed by atoms with Crippen molar-refractivity contribution in [3.63, 3.8) is 0 Å². The van der Waals surface area contributed by atoms with E-state index in [1.807, 2.05) is 0 Å². The van der Waals surface area contributed by atoms with Crippen molar-refractivity contribution >= 4 is 0 Å². The van der Waals surface area contributed by atoms with Crippen molar-refractivity contribution in [1.29, 1.82) is 0 Å². The Morgan fingerprint density at radius 3 is 1.39 bits per heavy atom. The fourth-order valence-corrected chi connectivity index (χ4v) is 6.11. The Morgan fingerprint density at radius 2 is 1.06 bits per heavy atom. The zero-order chi connectivity index (χ0) is 25.0. The van der Waals surface area contributed by atoms with Crippen LogP contribution >= 0.6 is 0 Å². The van der Waals surface area contributed by atoms with Gasteiger partial charge < -0.3 is 20.1 Å². The Balaban J connectivity index is 1.28. The Bertz CT molecular complexity index is 781. The first-order chi connectivity index (χ1) is 17.8. The second-order valence-corrected chi connectivity index (χ2v) is 10.7. The van der Waals surface area contributed by atoms with Gasteiger partial charge in [0.05, 0.1) is 13.2 Å². The highest BCUT2D eigenvalue weighted by Crippen LogP contribution is 2.39. The van der Waals surface area contributed by atoms with E-state index in [-0.39, 0.29) is 0 Å². The predicted octanol–water partition coefficient (Wildman–Crippen LogP) is 7.20. The van der Waals surface area contributed by atoms with Crippen molar-refractivity contribution in [3.8, 4) is 11.5 Å². The van der Waals surface area contributed by atoms with Crippen LogP contribution < -0.4 is 20.1 Å². The normalized spacial score (nSPS) is 22.1. The topological polar surface area (TPSA) is 42.5 Å². The molecule has 0 amide bonds. The molecule has 2 N–H and O–H groups in total. The van der Waals surface area contributed by atoms with Gasteiger partial charge in [-0.1, -0.05) is 51.0 Å². The molecule has 0 aliphatic carbocycles. The second-order valence-electron chi connectivity index (χ2n) is 10.7. The largest absolute Gasteiger partial charge is 0.494 e. The van der Waals surface area contributed by atoms with Crippen LogP contribution in [0.3, 0.4) is 0 Å². The lowest BCUT2D eigenvalue weighted by molar-refractivity contribution is 0.268. The van der Waals surface area contributed by atoms with E-state index in [4.69, 9.17) is 9.47 Å². The van der Waals surface area contributed by atoms with Crippen LogP contribution in [0.25, 0.3) is 0 Å². The number of piperidine rings is 2. The maximum atomic E-state index is 6.07. The standard InChI is InChI=1S/C32H48N2O2/c1-3-31(25-11-15-29(16-12-25)35-23-19-27-9-5-7-21-33-27)32(4-2)26-13-17-30(18-14-26)36-24-20-28-10-6-8-22-34-28/h11-18,27-28,31-34H,3-10,19-24H2,1-2H3. The summed E-state index contributed by atoms with van der Waals surface area (Å²) in [4.78, 5) is 0. The SMILES string of the molecule is CCC(c1ccc(OCCC2CCCCN2)cc1)C(CC)c1ccc(OCCC2CCCCN2)cc1. The molecule has 4 nitrogen and oxygen atoms in total. The van der Waals surface area contributed by atoms with Gasteiger partial charge >= 0.3 is 0 Å². The summed E-state index contributed by atoms with van der Waals surface area (Å²) in [5, 5.41) is 7.22. The minimum Gasteiger partial charge on any atom is -0.494 e. The van der Waals surface area contributed by atoms with Crippen LogP contribution in [0.4, 0.5) is 0 Å². The highest BCUT2D eigenvalue weighted by molar-refractivity contribution is 5.35. The number of rotatable bonds is 13. The Morgan fingerprint density at radius 1 is 0.639 bits per heavy atom. The van der Waals surface area contributed by atoms with Gasteiger partial charge in [0.15, 0.2) is 0 Å². The maximum Gasteiger partial charge on any atom is 0.119 e. The van der Waals surface area contributed by atoms with Crippen molar-refractivity contribution < 1.29 is 9.47 Å². The molecule has 0 bridgehead atoms. The molecule has 4 heteroatoms. The molecule has 2 aromatic rings. The molecule has 36 heavy (non-hydrogen) atoms. The van der Waals surface area contributed by atoms with Gasteiger partial charge in [-0.15, -0.1) is 0 Å². The highest BCUT2D eigenvalue weighted by Gasteiger charge is 2.22. The number of hydrogen-bond acceptors (Lipinski definition) is 4. The average molecular weight is 493 g/mol. The average Bonchev–Trinajstić information content (AvgIpc) is 2.94. The van der Waals surface area contributed by atoms with E-state index in [9.17, 15) is 0 Å². The zero-order valence-electron chi connectivity index (χ0n) is 22.6. The molecule has 4 rings (SSSR count). The van der Waals surface area contributed by atoms with Gasteiger partial charge in [-0.05, 0) is 112 Å². The minimum atomic E-state index is 0.500. The van der Waals surface area contributed by atoms with Gasteiger partial charge in [0.25, 0.3) is 0 Å². The monoisotopic (exact) mass is 492 g/mol. The fourth-order valence-electron chi connectivity index (χ4n) is 6.11. The highest BCUT2D eigenvalue weighted by atomic mass is 16.5. The summed E-state index contributed by atoms with van der Waals surface area (Å²) < 4.78 is 12.1. The first-order valence-corrected chi connectivity index (χ1v) is 14.7. The maximum absolute atomic E-state index is 6.07. The van der Waals surface area contributed by atoms with Crippen LogP contribution in [0, 0.1) is 0 Å². The van der Waals surface area contributed by atoms with E-state index >= 15 is 0 Å². The lowest BCUT2D eigenvalue weighted by Gasteiger charge is -2.27. The molecule has 2 aliphatic heterocycles. The molecule has 4 unspecified atom stereocenters. The number of benzene rings is 2. The third-order valence-electron chi connectivity index (χ3n) is 8.28. The van der Waals surface area contributed by atoms with Crippen LogP contribution in [0.1, 0.15) is 101 Å². The summed E-state index contributed by atoms with van der Waals surface area (Å²) in [5.74, 6) is 2.98. The van der Waals surface area contributed by atoms with E-state index in [0.29, 0.717) is 23.9 Å². The summed E-state index contributed by atoms with van der Waals surface area (Å²) in [6.45, 7) is 8.51.